The van der Waals surface area contributed by atoms with Gasteiger partial charge in [0.2, 0.25) is 0 Å². The van der Waals surface area contributed by atoms with E-state index in [-0.39, 0.29) is 18.3 Å². The molecule has 3 rings (SSSR count). The summed E-state index contributed by atoms with van der Waals surface area (Å²) in [6.45, 7) is -0.0991. The molecule has 1 aromatic heterocycles. The minimum absolute atomic E-state index is 0.0227. The molecule has 0 saturated heterocycles. The molecule has 0 saturated carbocycles. The van der Waals surface area contributed by atoms with E-state index >= 15 is 0 Å². The third-order valence-electron chi connectivity index (χ3n) is 3.81. The second-order valence-electron chi connectivity index (χ2n) is 5.81. The van der Waals surface area contributed by atoms with Gasteiger partial charge in [0.05, 0.1) is 12.0 Å². The number of rotatable bonds is 8. The Morgan fingerprint density at radius 2 is 1.71 bits per heavy atom. The first-order valence-corrected chi connectivity index (χ1v) is 9.45. The number of nitrogens with one attached hydrogen (secondary N) is 1. The normalized spacial score (nSPS) is 10.6. The van der Waals surface area contributed by atoms with E-state index in [1.165, 1.54) is 11.3 Å². The van der Waals surface area contributed by atoms with Crippen LogP contribution in [0.3, 0.4) is 0 Å². The SMILES string of the molecule is COc1ccc(NC(=O)COc2ccc(/C=C/C(=O)c3cccs3)cc2)cc1. The lowest BCUT2D eigenvalue weighted by Gasteiger charge is -2.08. The topological polar surface area (TPSA) is 64.6 Å². The molecular weight excluding hydrogens is 374 g/mol. The molecule has 3 aromatic rings. The van der Waals surface area contributed by atoms with Gasteiger partial charge in [-0.2, -0.15) is 0 Å². The zero-order valence-electron chi connectivity index (χ0n) is 15.3. The van der Waals surface area contributed by atoms with Crippen LogP contribution in [0.5, 0.6) is 11.5 Å². The number of hydrogen-bond donors (Lipinski definition) is 1. The van der Waals surface area contributed by atoms with Crippen LogP contribution in [-0.4, -0.2) is 25.4 Å². The molecule has 0 unspecified atom stereocenters. The molecule has 28 heavy (non-hydrogen) atoms. The predicted octanol–water partition coefficient (Wildman–Crippen LogP) is 4.67. The van der Waals surface area contributed by atoms with E-state index in [2.05, 4.69) is 5.32 Å². The fourth-order valence-electron chi connectivity index (χ4n) is 2.37. The van der Waals surface area contributed by atoms with Crippen molar-refractivity contribution in [3.8, 4) is 11.5 Å². The fourth-order valence-corrected chi connectivity index (χ4v) is 3.01. The van der Waals surface area contributed by atoms with Crippen molar-refractivity contribution >= 4 is 34.8 Å². The standard InChI is InChI=1S/C22H19NO4S/c1-26-18-11-7-17(8-12-18)23-22(25)15-27-19-9-4-16(5-10-19)6-13-20(24)21-3-2-14-28-21/h2-14H,15H2,1H3,(H,23,25)/b13-6+. The fraction of sp³-hybridized carbons (Fsp3) is 0.0909. The summed E-state index contributed by atoms with van der Waals surface area (Å²) in [5.74, 6) is 1.02. The second kappa shape index (κ2) is 9.53. The molecule has 0 bridgehead atoms. The summed E-state index contributed by atoms with van der Waals surface area (Å²) in [5, 5.41) is 4.63. The summed E-state index contributed by atoms with van der Waals surface area (Å²) in [4.78, 5) is 24.6. The van der Waals surface area contributed by atoms with Gasteiger partial charge in [-0.05, 0) is 59.5 Å². The van der Waals surface area contributed by atoms with Crippen molar-refractivity contribution in [1.29, 1.82) is 0 Å². The zero-order valence-corrected chi connectivity index (χ0v) is 16.1. The van der Waals surface area contributed by atoms with Crippen molar-refractivity contribution in [2.45, 2.75) is 0 Å². The predicted molar refractivity (Wildman–Crippen MR) is 111 cm³/mol. The Balaban J connectivity index is 1.48. The van der Waals surface area contributed by atoms with Gasteiger partial charge >= 0.3 is 0 Å². The number of methoxy groups -OCH3 is 1. The molecule has 5 nitrogen and oxygen atoms in total. The van der Waals surface area contributed by atoms with Crippen LogP contribution >= 0.6 is 11.3 Å². The number of anilines is 1. The second-order valence-corrected chi connectivity index (χ2v) is 6.76. The number of amides is 1. The van der Waals surface area contributed by atoms with Crippen LogP contribution in [0.25, 0.3) is 6.08 Å². The third kappa shape index (κ3) is 5.56. The van der Waals surface area contributed by atoms with Crippen LogP contribution in [-0.2, 0) is 4.79 Å². The van der Waals surface area contributed by atoms with Crippen molar-refractivity contribution in [2.24, 2.45) is 0 Å². The number of benzene rings is 2. The molecule has 1 heterocycles. The van der Waals surface area contributed by atoms with Gasteiger partial charge in [-0.3, -0.25) is 9.59 Å². The molecule has 2 aromatic carbocycles. The monoisotopic (exact) mass is 393 g/mol. The molecule has 6 heteroatoms. The molecule has 0 spiro atoms. The Labute approximate surface area is 167 Å². The average Bonchev–Trinajstić information content (AvgIpc) is 3.27. The smallest absolute Gasteiger partial charge is 0.262 e. The summed E-state index contributed by atoms with van der Waals surface area (Å²) in [7, 11) is 1.59. The van der Waals surface area contributed by atoms with Crippen molar-refractivity contribution in [3.63, 3.8) is 0 Å². The molecule has 1 amide bonds. The Morgan fingerprint density at radius 3 is 2.36 bits per heavy atom. The highest BCUT2D eigenvalue weighted by Crippen LogP contribution is 2.16. The summed E-state index contributed by atoms with van der Waals surface area (Å²) in [5.41, 5.74) is 1.55. The molecule has 0 atom stereocenters. The third-order valence-corrected chi connectivity index (χ3v) is 4.70. The number of carbonyl (C=O) groups excluding carboxylic acids is 2. The van der Waals surface area contributed by atoms with E-state index in [0.29, 0.717) is 16.3 Å². The highest BCUT2D eigenvalue weighted by Gasteiger charge is 2.05. The van der Waals surface area contributed by atoms with Gasteiger partial charge in [0.1, 0.15) is 11.5 Å². The van der Waals surface area contributed by atoms with Gasteiger partial charge in [0.15, 0.2) is 12.4 Å². The maximum Gasteiger partial charge on any atom is 0.262 e. The van der Waals surface area contributed by atoms with Crippen LogP contribution in [0, 0.1) is 0 Å². The Morgan fingerprint density at radius 1 is 1.00 bits per heavy atom. The van der Waals surface area contributed by atoms with Crippen LogP contribution in [0.2, 0.25) is 0 Å². The number of ketones is 1. The number of carbonyl (C=O) groups is 2. The van der Waals surface area contributed by atoms with Gasteiger partial charge in [0.25, 0.3) is 5.91 Å². The summed E-state index contributed by atoms with van der Waals surface area (Å²) in [6.07, 6.45) is 3.30. The van der Waals surface area contributed by atoms with Crippen molar-refractivity contribution in [3.05, 3.63) is 82.6 Å². The van der Waals surface area contributed by atoms with Crippen LogP contribution in [0.15, 0.2) is 72.1 Å². The van der Waals surface area contributed by atoms with Gasteiger partial charge in [-0.1, -0.05) is 24.3 Å². The van der Waals surface area contributed by atoms with Gasteiger partial charge in [0, 0.05) is 5.69 Å². The highest BCUT2D eigenvalue weighted by molar-refractivity contribution is 7.12. The molecule has 0 aliphatic rings. The van der Waals surface area contributed by atoms with Crippen LogP contribution in [0.4, 0.5) is 5.69 Å². The molecule has 1 N–H and O–H groups in total. The molecule has 0 aliphatic carbocycles. The van der Waals surface area contributed by atoms with E-state index in [1.807, 2.05) is 23.6 Å². The van der Waals surface area contributed by atoms with E-state index in [4.69, 9.17) is 9.47 Å². The number of hydrogen-bond acceptors (Lipinski definition) is 5. The molecular formula is C22H19NO4S. The van der Waals surface area contributed by atoms with Gasteiger partial charge < -0.3 is 14.8 Å². The number of allylic oxidation sites excluding steroid dienone is 1. The summed E-state index contributed by atoms with van der Waals surface area (Å²) < 4.78 is 10.6. The van der Waals surface area contributed by atoms with E-state index in [9.17, 15) is 9.59 Å². The maximum atomic E-state index is 12.0. The lowest BCUT2D eigenvalue weighted by atomic mass is 10.2. The maximum absolute atomic E-state index is 12.0. The lowest BCUT2D eigenvalue weighted by molar-refractivity contribution is -0.118. The Hall–Kier alpha value is -3.38. The Bertz CT molecular complexity index is 945. The molecule has 0 radical (unpaired) electrons. The van der Waals surface area contributed by atoms with Crippen LogP contribution < -0.4 is 14.8 Å². The van der Waals surface area contributed by atoms with E-state index in [0.717, 1.165) is 11.3 Å². The molecule has 142 valence electrons. The number of thiophene rings is 1. The van der Waals surface area contributed by atoms with E-state index in [1.54, 1.807) is 61.7 Å². The Kier molecular flexibility index (Phi) is 6.59. The van der Waals surface area contributed by atoms with Crippen molar-refractivity contribution in [2.75, 3.05) is 19.0 Å². The lowest BCUT2D eigenvalue weighted by Crippen LogP contribution is -2.20. The quantitative estimate of drug-likeness (QED) is 0.446. The highest BCUT2D eigenvalue weighted by atomic mass is 32.1. The van der Waals surface area contributed by atoms with Crippen molar-refractivity contribution in [1.82, 2.24) is 0 Å². The average molecular weight is 393 g/mol. The molecule has 0 aliphatic heterocycles. The first-order valence-electron chi connectivity index (χ1n) is 8.57. The van der Waals surface area contributed by atoms with E-state index < -0.39 is 0 Å². The van der Waals surface area contributed by atoms with Crippen LogP contribution in [0.1, 0.15) is 15.2 Å². The summed E-state index contributed by atoms with van der Waals surface area (Å²) in [6, 6.07) is 17.9. The largest absolute Gasteiger partial charge is 0.497 e. The minimum atomic E-state index is -0.254. The number of ether oxygens (including phenoxy) is 2. The first kappa shape index (κ1) is 19.4. The zero-order chi connectivity index (χ0) is 19.8. The summed E-state index contributed by atoms with van der Waals surface area (Å²) >= 11 is 1.42. The van der Waals surface area contributed by atoms with Gasteiger partial charge in [-0.25, -0.2) is 0 Å². The minimum Gasteiger partial charge on any atom is -0.497 e. The molecule has 0 fully saturated rings. The first-order chi connectivity index (χ1) is 13.6. The van der Waals surface area contributed by atoms with Crippen molar-refractivity contribution < 1.29 is 19.1 Å². The van der Waals surface area contributed by atoms with Gasteiger partial charge in [-0.15, -0.1) is 11.3 Å².